The van der Waals surface area contributed by atoms with Crippen LogP contribution in [0.5, 0.6) is 0 Å². The predicted molar refractivity (Wildman–Crippen MR) is 59.2 cm³/mol. The van der Waals surface area contributed by atoms with Crippen molar-refractivity contribution in [3.8, 4) is 0 Å². The van der Waals surface area contributed by atoms with Gasteiger partial charge in [-0.15, -0.1) is 0 Å². The molecule has 0 saturated carbocycles. The summed E-state index contributed by atoms with van der Waals surface area (Å²) in [6.07, 6.45) is 5.02. The van der Waals surface area contributed by atoms with Crippen molar-refractivity contribution >= 4 is 0 Å². The molecule has 0 radical (unpaired) electrons. The van der Waals surface area contributed by atoms with Crippen LogP contribution >= 0.6 is 0 Å². The molecule has 0 unspecified atom stereocenters. The molecule has 0 aromatic carbocycles. The van der Waals surface area contributed by atoms with Crippen molar-refractivity contribution in [1.82, 2.24) is 0 Å². The zero-order valence-corrected chi connectivity index (χ0v) is 9.84. The van der Waals surface area contributed by atoms with Crippen LogP contribution in [0.2, 0.25) is 0 Å². The fraction of sp³-hybridized carbons (Fsp3) is 0.846. The Kier molecular flexibility index (Phi) is 2.46. The summed E-state index contributed by atoms with van der Waals surface area (Å²) in [5.41, 5.74) is 1.68. The standard InChI is InChI=1S/C13H22O/c1-9-5-11-7-13(3,4)14-8-12(11)6-10(9)2/h5,10-12H,6-8H2,1-4H3/t10-,11-,12-/m1/s1. The largest absolute Gasteiger partial charge is 0.375 e. The van der Waals surface area contributed by atoms with E-state index in [-0.39, 0.29) is 5.60 Å². The number of ether oxygens (including phenoxy) is 1. The quantitative estimate of drug-likeness (QED) is 0.537. The third kappa shape index (κ3) is 1.88. The Bertz CT molecular complexity index is 252. The Labute approximate surface area is 87.5 Å². The molecule has 3 atom stereocenters. The van der Waals surface area contributed by atoms with Crippen molar-refractivity contribution in [2.45, 2.75) is 46.1 Å². The van der Waals surface area contributed by atoms with Crippen LogP contribution in [0.25, 0.3) is 0 Å². The predicted octanol–water partition coefficient (Wildman–Crippen LogP) is 3.40. The van der Waals surface area contributed by atoms with E-state index in [2.05, 4.69) is 33.8 Å². The van der Waals surface area contributed by atoms with Crippen LogP contribution in [-0.4, -0.2) is 12.2 Å². The van der Waals surface area contributed by atoms with Gasteiger partial charge in [0.05, 0.1) is 12.2 Å². The van der Waals surface area contributed by atoms with Gasteiger partial charge in [-0.2, -0.15) is 0 Å². The van der Waals surface area contributed by atoms with Crippen LogP contribution in [0, 0.1) is 17.8 Å². The fourth-order valence-electron chi connectivity index (χ4n) is 2.83. The SMILES string of the molecule is CC1=C[C@@H]2CC(C)(C)OC[C@H]2C[C@H]1C. The highest BCUT2D eigenvalue weighted by Crippen LogP contribution is 2.41. The van der Waals surface area contributed by atoms with Crippen molar-refractivity contribution < 1.29 is 4.74 Å². The molecule has 1 aliphatic carbocycles. The fourth-order valence-corrected chi connectivity index (χ4v) is 2.83. The highest BCUT2D eigenvalue weighted by atomic mass is 16.5. The summed E-state index contributed by atoms with van der Waals surface area (Å²) in [6.45, 7) is 10.0. The van der Waals surface area contributed by atoms with Gasteiger partial charge in [0, 0.05) is 0 Å². The molecule has 0 bridgehead atoms. The van der Waals surface area contributed by atoms with Crippen LogP contribution in [0.15, 0.2) is 11.6 Å². The lowest BCUT2D eigenvalue weighted by atomic mass is 9.71. The number of rotatable bonds is 0. The first-order valence-electron chi connectivity index (χ1n) is 5.80. The smallest absolute Gasteiger partial charge is 0.0632 e. The number of hydrogen-bond acceptors (Lipinski definition) is 1. The number of fused-ring (bicyclic) bond motifs is 1. The number of hydrogen-bond donors (Lipinski definition) is 0. The molecule has 1 saturated heterocycles. The van der Waals surface area contributed by atoms with Gasteiger partial charge in [0.25, 0.3) is 0 Å². The maximum absolute atomic E-state index is 5.89. The summed E-state index contributed by atoms with van der Waals surface area (Å²) in [6, 6.07) is 0. The van der Waals surface area contributed by atoms with Gasteiger partial charge in [-0.1, -0.05) is 18.6 Å². The molecule has 0 spiro atoms. The minimum atomic E-state index is 0.0958. The van der Waals surface area contributed by atoms with Gasteiger partial charge in [-0.25, -0.2) is 0 Å². The molecule has 80 valence electrons. The van der Waals surface area contributed by atoms with Gasteiger partial charge >= 0.3 is 0 Å². The molecule has 14 heavy (non-hydrogen) atoms. The van der Waals surface area contributed by atoms with Gasteiger partial charge in [-0.3, -0.25) is 0 Å². The Balaban J connectivity index is 2.14. The minimum absolute atomic E-state index is 0.0958. The molecule has 0 N–H and O–H groups in total. The molecule has 0 amide bonds. The average molecular weight is 194 g/mol. The van der Waals surface area contributed by atoms with Crippen molar-refractivity contribution in [2.24, 2.45) is 17.8 Å². The van der Waals surface area contributed by atoms with E-state index >= 15 is 0 Å². The first-order valence-corrected chi connectivity index (χ1v) is 5.80. The van der Waals surface area contributed by atoms with Gasteiger partial charge in [0.15, 0.2) is 0 Å². The van der Waals surface area contributed by atoms with Crippen LogP contribution in [0.1, 0.15) is 40.5 Å². The highest BCUT2D eigenvalue weighted by Gasteiger charge is 2.37. The van der Waals surface area contributed by atoms with E-state index in [0.717, 1.165) is 24.4 Å². The van der Waals surface area contributed by atoms with Gasteiger partial charge in [0.2, 0.25) is 0 Å². The molecular formula is C13H22O. The van der Waals surface area contributed by atoms with E-state index in [0.29, 0.717) is 0 Å². The van der Waals surface area contributed by atoms with Crippen LogP contribution in [0.4, 0.5) is 0 Å². The average Bonchev–Trinajstić information content (AvgIpc) is 2.07. The van der Waals surface area contributed by atoms with Crippen molar-refractivity contribution in [1.29, 1.82) is 0 Å². The molecule has 1 fully saturated rings. The summed E-state index contributed by atoms with van der Waals surface area (Å²) < 4.78 is 5.89. The monoisotopic (exact) mass is 194 g/mol. The molecule has 2 aliphatic rings. The van der Waals surface area contributed by atoms with Crippen LogP contribution in [-0.2, 0) is 4.74 Å². The lowest BCUT2D eigenvalue weighted by molar-refractivity contribution is -0.0987. The molecule has 0 aromatic rings. The van der Waals surface area contributed by atoms with E-state index in [1.54, 1.807) is 5.57 Å². The third-order valence-electron chi connectivity index (χ3n) is 3.93. The first kappa shape index (κ1) is 10.2. The second kappa shape index (κ2) is 3.37. The van der Waals surface area contributed by atoms with E-state index in [9.17, 15) is 0 Å². The molecule has 2 rings (SSSR count). The highest BCUT2D eigenvalue weighted by molar-refractivity contribution is 5.12. The van der Waals surface area contributed by atoms with Gasteiger partial charge < -0.3 is 4.74 Å². The lowest BCUT2D eigenvalue weighted by Crippen LogP contribution is -2.41. The summed E-state index contributed by atoms with van der Waals surface area (Å²) in [5, 5.41) is 0. The topological polar surface area (TPSA) is 9.23 Å². The summed E-state index contributed by atoms with van der Waals surface area (Å²) in [7, 11) is 0. The normalized spacial score (nSPS) is 41.4. The van der Waals surface area contributed by atoms with E-state index < -0.39 is 0 Å². The first-order chi connectivity index (χ1) is 6.48. The zero-order valence-electron chi connectivity index (χ0n) is 9.84. The zero-order chi connectivity index (χ0) is 10.3. The second-order valence-corrected chi connectivity index (χ2v) is 5.75. The Morgan fingerprint density at radius 1 is 1.43 bits per heavy atom. The maximum Gasteiger partial charge on any atom is 0.0632 e. The lowest BCUT2D eigenvalue weighted by Gasteiger charge is -2.43. The molecule has 1 aliphatic heterocycles. The Hall–Kier alpha value is -0.300. The van der Waals surface area contributed by atoms with E-state index in [1.807, 2.05) is 0 Å². The molecular weight excluding hydrogens is 172 g/mol. The third-order valence-corrected chi connectivity index (χ3v) is 3.93. The molecule has 1 heteroatoms. The molecule has 0 aromatic heterocycles. The maximum atomic E-state index is 5.89. The Morgan fingerprint density at radius 2 is 2.14 bits per heavy atom. The van der Waals surface area contributed by atoms with Gasteiger partial charge in [0.1, 0.15) is 0 Å². The van der Waals surface area contributed by atoms with Crippen molar-refractivity contribution in [3.63, 3.8) is 0 Å². The van der Waals surface area contributed by atoms with Crippen LogP contribution in [0.3, 0.4) is 0 Å². The molecule has 1 nitrogen and oxygen atoms in total. The van der Waals surface area contributed by atoms with E-state index in [4.69, 9.17) is 4.74 Å². The van der Waals surface area contributed by atoms with Crippen molar-refractivity contribution in [3.05, 3.63) is 11.6 Å². The summed E-state index contributed by atoms with van der Waals surface area (Å²) >= 11 is 0. The summed E-state index contributed by atoms with van der Waals surface area (Å²) in [5.74, 6) is 2.32. The minimum Gasteiger partial charge on any atom is -0.375 e. The second-order valence-electron chi connectivity index (χ2n) is 5.75. The Morgan fingerprint density at radius 3 is 2.86 bits per heavy atom. The van der Waals surface area contributed by atoms with E-state index in [1.165, 1.54) is 12.8 Å². The number of allylic oxidation sites excluding steroid dienone is 2. The molecule has 1 heterocycles. The van der Waals surface area contributed by atoms with Gasteiger partial charge in [-0.05, 0) is 51.4 Å². The van der Waals surface area contributed by atoms with Crippen molar-refractivity contribution in [2.75, 3.05) is 6.61 Å². The summed E-state index contributed by atoms with van der Waals surface area (Å²) in [4.78, 5) is 0. The van der Waals surface area contributed by atoms with Crippen LogP contribution < -0.4 is 0 Å².